The SMILES string of the molecule is CC[C@@H](Nc1c(C#N)cnc2c(Cl)cc(N[C@@H](c3cccnc3)c3cn([C@@H](C)CF)nn3)cc12)c1ccccc1. The fourth-order valence-electron chi connectivity index (χ4n) is 4.61. The van der Waals surface area contributed by atoms with E-state index in [1.807, 2.05) is 36.4 Å². The van der Waals surface area contributed by atoms with E-state index in [0.29, 0.717) is 38.6 Å². The number of nitrogens with zero attached hydrogens (tertiary/aromatic N) is 6. The highest BCUT2D eigenvalue weighted by atomic mass is 35.5. The summed E-state index contributed by atoms with van der Waals surface area (Å²) < 4.78 is 14.8. The van der Waals surface area contributed by atoms with Gasteiger partial charge in [-0.3, -0.25) is 9.97 Å². The zero-order valence-corrected chi connectivity index (χ0v) is 22.8. The molecule has 0 amide bonds. The summed E-state index contributed by atoms with van der Waals surface area (Å²) in [6, 6.07) is 18.9. The summed E-state index contributed by atoms with van der Waals surface area (Å²) in [5, 5.41) is 26.6. The van der Waals surface area contributed by atoms with Gasteiger partial charge in [0.25, 0.3) is 0 Å². The highest BCUT2D eigenvalue weighted by molar-refractivity contribution is 6.35. The quantitative estimate of drug-likeness (QED) is 0.191. The van der Waals surface area contributed by atoms with Crippen molar-refractivity contribution in [2.45, 2.75) is 38.4 Å². The van der Waals surface area contributed by atoms with Crippen LogP contribution in [0.4, 0.5) is 15.8 Å². The number of nitriles is 1. The summed E-state index contributed by atoms with van der Waals surface area (Å²) in [4.78, 5) is 8.76. The third kappa shape index (κ3) is 5.58. The summed E-state index contributed by atoms with van der Waals surface area (Å²) >= 11 is 6.76. The number of benzene rings is 2. The third-order valence-electron chi connectivity index (χ3n) is 6.80. The van der Waals surface area contributed by atoms with Gasteiger partial charge in [-0.2, -0.15) is 5.26 Å². The average molecular weight is 555 g/mol. The molecule has 0 unspecified atom stereocenters. The van der Waals surface area contributed by atoms with Crippen LogP contribution in [0.2, 0.25) is 5.02 Å². The number of anilines is 2. The molecule has 2 aromatic carbocycles. The number of nitrogens with one attached hydrogen (secondary N) is 2. The molecule has 40 heavy (non-hydrogen) atoms. The summed E-state index contributed by atoms with van der Waals surface area (Å²) in [6.45, 7) is 3.27. The predicted molar refractivity (Wildman–Crippen MR) is 155 cm³/mol. The van der Waals surface area contributed by atoms with Gasteiger partial charge in [0.05, 0.1) is 46.1 Å². The standard InChI is InChI=1S/C30H28ClFN8/c1-3-26(20-8-5-4-6-9-20)37-28-22(15-33)17-35-30-24(28)12-23(13-25(30)31)36-29(21-10-7-11-34-16-21)27-18-40(39-38-27)19(2)14-32/h4-13,16-19,26,29,36H,3,14H2,1-2H3,(H,35,37)/t19-,26+,29-/m0/s1. The van der Waals surface area contributed by atoms with Crippen molar-refractivity contribution in [3.8, 4) is 6.07 Å². The average Bonchev–Trinajstić information content (AvgIpc) is 3.49. The van der Waals surface area contributed by atoms with Crippen LogP contribution in [0.1, 0.15) is 60.8 Å². The number of rotatable bonds is 10. The smallest absolute Gasteiger partial charge is 0.112 e. The fourth-order valence-corrected chi connectivity index (χ4v) is 4.88. The summed E-state index contributed by atoms with van der Waals surface area (Å²) in [5.74, 6) is 0. The molecule has 3 atom stereocenters. The van der Waals surface area contributed by atoms with E-state index in [1.165, 1.54) is 4.68 Å². The Balaban J connectivity index is 1.59. The van der Waals surface area contributed by atoms with Crippen LogP contribution in [0.25, 0.3) is 10.9 Å². The second kappa shape index (κ2) is 12.1. The van der Waals surface area contributed by atoms with Crippen LogP contribution in [-0.4, -0.2) is 31.6 Å². The summed E-state index contributed by atoms with van der Waals surface area (Å²) in [6.07, 6.45) is 7.52. The minimum absolute atomic E-state index is 0.0232. The van der Waals surface area contributed by atoms with Gasteiger partial charge in [-0.25, -0.2) is 9.07 Å². The molecular weight excluding hydrogens is 527 g/mol. The number of fused-ring (bicyclic) bond motifs is 1. The van der Waals surface area contributed by atoms with E-state index in [9.17, 15) is 9.65 Å². The van der Waals surface area contributed by atoms with Gasteiger partial charge in [-0.05, 0) is 42.7 Å². The molecule has 202 valence electrons. The van der Waals surface area contributed by atoms with Crippen LogP contribution in [0.5, 0.6) is 0 Å². The largest absolute Gasteiger partial charge is 0.377 e. The molecule has 0 fully saturated rings. The van der Waals surface area contributed by atoms with Gasteiger partial charge < -0.3 is 10.6 Å². The molecule has 2 N–H and O–H groups in total. The normalized spacial score (nSPS) is 13.4. The van der Waals surface area contributed by atoms with E-state index in [1.54, 1.807) is 37.8 Å². The Morgan fingerprint density at radius 3 is 2.58 bits per heavy atom. The van der Waals surface area contributed by atoms with Gasteiger partial charge in [-0.15, -0.1) is 5.10 Å². The van der Waals surface area contributed by atoms with Crippen molar-refractivity contribution in [3.05, 3.63) is 107 Å². The van der Waals surface area contributed by atoms with E-state index >= 15 is 0 Å². The van der Waals surface area contributed by atoms with Crippen molar-refractivity contribution in [2.75, 3.05) is 17.3 Å². The zero-order chi connectivity index (χ0) is 28.1. The van der Waals surface area contributed by atoms with E-state index in [4.69, 9.17) is 11.6 Å². The molecule has 0 aliphatic heterocycles. The topological polar surface area (TPSA) is 104 Å². The number of hydrogen-bond acceptors (Lipinski definition) is 7. The van der Waals surface area contributed by atoms with Crippen LogP contribution in [0.3, 0.4) is 0 Å². The van der Waals surface area contributed by atoms with Gasteiger partial charge in [0.1, 0.15) is 18.4 Å². The number of alkyl halides is 1. The first-order valence-electron chi connectivity index (χ1n) is 13.0. The zero-order valence-electron chi connectivity index (χ0n) is 22.1. The van der Waals surface area contributed by atoms with Gasteiger partial charge >= 0.3 is 0 Å². The Labute approximate surface area is 236 Å². The van der Waals surface area contributed by atoms with Crippen molar-refractivity contribution in [1.29, 1.82) is 5.26 Å². The molecule has 0 radical (unpaired) electrons. The van der Waals surface area contributed by atoms with Crippen molar-refractivity contribution in [3.63, 3.8) is 0 Å². The van der Waals surface area contributed by atoms with E-state index in [-0.39, 0.29) is 6.04 Å². The third-order valence-corrected chi connectivity index (χ3v) is 7.09. The first-order valence-corrected chi connectivity index (χ1v) is 13.4. The molecule has 0 saturated heterocycles. The molecule has 0 aliphatic carbocycles. The van der Waals surface area contributed by atoms with Crippen LogP contribution in [-0.2, 0) is 0 Å². The second-order valence-corrected chi connectivity index (χ2v) is 9.93. The van der Waals surface area contributed by atoms with Crippen molar-refractivity contribution in [1.82, 2.24) is 25.0 Å². The lowest BCUT2D eigenvalue weighted by atomic mass is 10.0. The van der Waals surface area contributed by atoms with Crippen LogP contribution in [0.15, 0.2) is 79.4 Å². The maximum absolute atomic E-state index is 13.3. The van der Waals surface area contributed by atoms with Crippen LogP contribution < -0.4 is 10.6 Å². The molecule has 10 heteroatoms. The van der Waals surface area contributed by atoms with E-state index in [0.717, 1.165) is 17.5 Å². The van der Waals surface area contributed by atoms with Crippen molar-refractivity contribution < 1.29 is 4.39 Å². The Bertz CT molecular complexity index is 1630. The van der Waals surface area contributed by atoms with Crippen molar-refractivity contribution in [2.24, 2.45) is 0 Å². The maximum atomic E-state index is 13.3. The Morgan fingerprint density at radius 1 is 1.07 bits per heavy atom. The fraction of sp³-hybridized carbons (Fsp3) is 0.233. The molecule has 3 heterocycles. The maximum Gasteiger partial charge on any atom is 0.112 e. The highest BCUT2D eigenvalue weighted by Crippen LogP contribution is 2.37. The van der Waals surface area contributed by atoms with Gasteiger partial charge in [0.2, 0.25) is 0 Å². The van der Waals surface area contributed by atoms with E-state index < -0.39 is 18.8 Å². The Hall–Kier alpha value is -4.55. The van der Waals surface area contributed by atoms with Crippen LogP contribution >= 0.6 is 11.6 Å². The first kappa shape index (κ1) is 27.0. The van der Waals surface area contributed by atoms with Crippen molar-refractivity contribution >= 4 is 33.9 Å². The molecule has 5 rings (SSSR count). The Morgan fingerprint density at radius 2 is 1.88 bits per heavy atom. The lowest BCUT2D eigenvalue weighted by Gasteiger charge is -2.22. The van der Waals surface area contributed by atoms with E-state index in [2.05, 4.69) is 56.0 Å². The molecular formula is C30H28ClFN8. The highest BCUT2D eigenvalue weighted by Gasteiger charge is 2.22. The molecule has 3 aromatic heterocycles. The molecule has 0 bridgehead atoms. The molecule has 5 aromatic rings. The number of pyridine rings is 2. The number of hydrogen-bond donors (Lipinski definition) is 2. The monoisotopic (exact) mass is 554 g/mol. The van der Waals surface area contributed by atoms with Gasteiger partial charge in [0, 0.05) is 29.7 Å². The lowest BCUT2D eigenvalue weighted by molar-refractivity contribution is 0.351. The molecule has 0 aliphatic rings. The first-order chi connectivity index (χ1) is 19.5. The Kier molecular flexibility index (Phi) is 8.18. The minimum Gasteiger partial charge on any atom is -0.377 e. The molecule has 0 spiro atoms. The number of aromatic nitrogens is 5. The van der Waals surface area contributed by atoms with Gasteiger partial charge in [0.15, 0.2) is 0 Å². The summed E-state index contributed by atoms with van der Waals surface area (Å²) in [7, 11) is 0. The minimum atomic E-state index is -0.556. The van der Waals surface area contributed by atoms with Crippen LogP contribution in [0, 0.1) is 11.3 Å². The lowest BCUT2D eigenvalue weighted by Crippen LogP contribution is -2.14. The second-order valence-electron chi connectivity index (χ2n) is 9.52. The predicted octanol–water partition coefficient (Wildman–Crippen LogP) is 7.04. The number of halogens is 2. The molecule has 8 nitrogen and oxygen atoms in total. The van der Waals surface area contributed by atoms with Gasteiger partial charge in [-0.1, -0.05) is 60.1 Å². The summed E-state index contributed by atoms with van der Waals surface area (Å²) in [5.41, 5.74) is 4.90. The molecule has 0 saturated carbocycles.